The van der Waals surface area contributed by atoms with E-state index in [0.717, 1.165) is 12.1 Å². The number of carbonyl (C=O) groups is 1. The van der Waals surface area contributed by atoms with Crippen LogP contribution in [0, 0.1) is 11.6 Å². The smallest absolute Gasteiger partial charge is 0.259 e. The Kier molecular flexibility index (Phi) is 4.30. The van der Waals surface area contributed by atoms with Crippen molar-refractivity contribution < 1.29 is 18.3 Å². The van der Waals surface area contributed by atoms with E-state index in [1.54, 1.807) is 24.3 Å². The van der Waals surface area contributed by atoms with E-state index in [4.69, 9.17) is 4.74 Å². The molecule has 0 aromatic heterocycles. The van der Waals surface area contributed by atoms with Gasteiger partial charge in [0, 0.05) is 11.8 Å². The number of halogens is 2. The second kappa shape index (κ2) is 6.14. The summed E-state index contributed by atoms with van der Waals surface area (Å²) in [6.45, 7) is 2.24. The first-order valence-electron chi connectivity index (χ1n) is 6.10. The number of hydrogen-bond donors (Lipinski definition) is 1. The van der Waals surface area contributed by atoms with Gasteiger partial charge in [0.1, 0.15) is 5.75 Å². The molecule has 2 rings (SSSR count). The SMILES string of the molecule is CCOc1ccccc1C(=O)Nc1ccc(F)c(F)c1. The summed E-state index contributed by atoms with van der Waals surface area (Å²) in [5.74, 6) is -1.98. The summed E-state index contributed by atoms with van der Waals surface area (Å²) in [4.78, 5) is 12.1. The largest absolute Gasteiger partial charge is 0.493 e. The lowest BCUT2D eigenvalue weighted by Crippen LogP contribution is -2.13. The van der Waals surface area contributed by atoms with Crippen LogP contribution in [0.15, 0.2) is 42.5 Å². The predicted molar refractivity (Wildman–Crippen MR) is 71.9 cm³/mol. The molecule has 0 heterocycles. The molecule has 0 saturated carbocycles. The highest BCUT2D eigenvalue weighted by Crippen LogP contribution is 2.20. The van der Waals surface area contributed by atoms with E-state index in [-0.39, 0.29) is 5.69 Å². The molecule has 5 heteroatoms. The lowest BCUT2D eigenvalue weighted by Gasteiger charge is -2.10. The van der Waals surface area contributed by atoms with Crippen LogP contribution >= 0.6 is 0 Å². The summed E-state index contributed by atoms with van der Waals surface area (Å²) in [6.07, 6.45) is 0. The summed E-state index contributed by atoms with van der Waals surface area (Å²) < 4.78 is 31.2. The topological polar surface area (TPSA) is 38.3 Å². The highest BCUT2D eigenvalue weighted by molar-refractivity contribution is 6.06. The molecule has 0 spiro atoms. The standard InChI is InChI=1S/C15H13F2NO2/c1-2-20-14-6-4-3-5-11(14)15(19)18-10-7-8-12(16)13(17)9-10/h3-9H,2H2,1H3,(H,18,19). The zero-order chi connectivity index (χ0) is 14.5. The van der Waals surface area contributed by atoms with Crippen LogP contribution in [0.2, 0.25) is 0 Å². The summed E-state index contributed by atoms with van der Waals surface area (Å²) in [6, 6.07) is 9.89. The van der Waals surface area contributed by atoms with Crippen LogP contribution in [0.1, 0.15) is 17.3 Å². The van der Waals surface area contributed by atoms with Crippen LogP contribution in [0.4, 0.5) is 14.5 Å². The van der Waals surface area contributed by atoms with Gasteiger partial charge in [-0.2, -0.15) is 0 Å². The van der Waals surface area contributed by atoms with E-state index in [9.17, 15) is 13.6 Å². The first-order valence-corrected chi connectivity index (χ1v) is 6.10. The van der Waals surface area contributed by atoms with Gasteiger partial charge < -0.3 is 10.1 Å². The quantitative estimate of drug-likeness (QED) is 0.927. The van der Waals surface area contributed by atoms with E-state index >= 15 is 0 Å². The van der Waals surface area contributed by atoms with Crippen molar-refractivity contribution >= 4 is 11.6 Å². The molecular weight excluding hydrogens is 264 g/mol. The van der Waals surface area contributed by atoms with Crippen LogP contribution in [-0.4, -0.2) is 12.5 Å². The fourth-order valence-corrected chi connectivity index (χ4v) is 1.71. The second-order valence-corrected chi connectivity index (χ2v) is 4.01. The molecule has 2 aromatic rings. The molecule has 0 radical (unpaired) electrons. The van der Waals surface area contributed by atoms with Crippen molar-refractivity contribution in [2.45, 2.75) is 6.92 Å². The molecule has 20 heavy (non-hydrogen) atoms. The number of ether oxygens (including phenoxy) is 1. The third kappa shape index (κ3) is 3.12. The van der Waals surface area contributed by atoms with Gasteiger partial charge in [-0.15, -0.1) is 0 Å². The summed E-state index contributed by atoms with van der Waals surface area (Å²) in [5.41, 5.74) is 0.513. The van der Waals surface area contributed by atoms with Crippen molar-refractivity contribution in [3.8, 4) is 5.75 Å². The molecule has 0 unspecified atom stereocenters. The van der Waals surface area contributed by atoms with Gasteiger partial charge in [0.05, 0.1) is 12.2 Å². The van der Waals surface area contributed by atoms with Gasteiger partial charge in [0.15, 0.2) is 11.6 Å². The van der Waals surface area contributed by atoms with Crippen molar-refractivity contribution in [3.05, 3.63) is 59.7 Å². The average Bonchev–Trinajstić information content (AvgIpc) is 2.44. The Labute approximate surface area is 115 Å². The summed E-state index contributed by atoms with van der Waals surface area (Å²) in [5, 5.41) is 2.50. The minimum absolute atomic E-state index is 0.181. The van der Waals surface area contributed by atoms with E-state index in [1.165, 1.54) is 6.07 Å². The fourth-order valence-electron chi connectivity index (χ4n) is 1.71. The molecular formula is C15H13F2NO2. The zero-order valence-corrected chi connectivity index (χ0v) is 10.8. The summed E-state index contributed by atoms with van der Waals surface area (Å²) in [7, 11) is 0. The first kappa shape index (κ1) is 14.0. The van der Waals surface area contributed by atoms with E-state index in [0.29, 0.717) is 17.9 Å². The van der Waals surface area contributed by atoms with Crippen molar-refractivity contribution in [2.75, 3.05) is 11.9 Å². The molecule has 0 fully saturated rings. The lowest BCUT2D eigenvalue weighted by molar-refractivity contribution is 0.102. The van der Waals surface area contributed by atoms with Crippen molar-refractivity contribution in [1.82, 2.24) is 0 Å². The molecule has 2 aromatic carbocycles. The number of carbonyl (C=O) groups excluding carboxylic acids is 1. The van der Waals surface area contributed by atoms with Gasteiger partial charge in [-0.05, 0) is 31.2 Å². The molecule has 3 nitrogen and oxygen atoms in total. The third-order valence-electron chi connectivity index (χ3n) is 2.61. The van der Waals surface area contributed by atoms with Gasteiger partial charge >= 0.3 is 0 Å². The third-order valence-corrected chi connectivity index (χ3v) is 2.61. The number of hydrogen-bond acceptors (Lipinski definition) is 2. The van der Waals surface area contributed by atoms with Gasteiger partial charge in [0.2, 0.25) is 0 Å². The number of amides is 1. The molecule has 1 amide bonds. The minimum Gasteiger partial charge on any atom is -0.493 e. The molecule has 0 bridgehead atoms. The van der Waals surface area contributed by atoms with Gasteiger partial charge in [0.25, 0.3) is 5.91 Å². The molecule has 0 aliphatic carbocycles. The van der Waals surface area contributed by atoms with Crippen LogP contribution in [0.5, 0.6) is 5.75 Å². The Balaban J connectivity index is 2.21. The highest BCUT2D eigenvalue weighted by Gasteiger charge is 2.13. The molecule has 1 N–H and O–H groups in total. The first-order chi connectivity index (χ1) is 9.61. The highest BCUT2D eigenvalue weighted by atomic mass is 19.2. The zero-order valence-electron chi connectivity index (χ0n) is 10.8. The normalized spacial score (nSPS) is 10.2. The molecule has 0 saturated heterocycles. The number of rotatable bonds is 4. The maximum atomic E-state index is 13.1. The lowest BCUT2D eigenvalue weighted by atomic mass is 10.2. The maximum Gasteiger partial charge on any atom is 0.259 e. The second-order valence-electron chi connectivity index (χ2n) is 4.01. The number of anilines is 1. The minimum atomic E-state index is -1.01. The van der Waals surface area contributed by atoms with Crippen molar-refractivity contribution in [3.63, 3.8) is 0 Å². The number of nitrogens with one attached hydrogen (secondary N) is 1. The van der Waals surface area contributed by atoms with Gasteiger partial charge in [-0.3, -0.25) is 4.79 Å². The predicted octanol–water partition coefficient (Wildman–Crippen LogP) is 3.62. The van der Waals surface area contributed by atoms with Gasteiger partial charge in [-0.1, -0.05) is 12.1 Å². The van der Waals surface area contributed by atoms with Crippen LogP contribution in [-0.2, 0) is 0 Å². The Morgan fingerprint density at radius 1 is 1.15 bits per heavy atom. The molecule has 0 aliphatic heterocycles. The van der Waals surface area contributed by atoms with E-state index < -0.39 is 17.5 Å². The van der Waals surface area contributed by atoms with Crippen molar-refractivity contribution in [1.29, 1.82) is 0 Å². The molecule has 104 valence electrons. The van der Waals surface area contributed by atoms with E-state index in [1.807, 2.05) is 6.92 Å². The Bertz CT molecular complexity index is 629. The Morgan fingerprint density at radius 2 is 1.90 bits per heavy atom. The van der Waals surface area contributed by atoms with E-state index in [2.05, 4.69) is 5.32 Å². The Hall–Kier alpha value is -2.43. The fraction of sp³-hybridized carbons (Fsp3) is 0.133. The Morgan fingerprint density at radius 3 is 2.60 bits per heavy atom. The number of benzene rings is 2. The average molecular weight is 277 g/mol. The van der Waals surface area contributed by atoms with Crippen LogP contribution in [0.3, 0.4) is 0 Å². The van der Waals surface area contributed by atoms with Crippen LogP contribution in [0.25, 0.3) is 0 Å². The van der Waals surface area contributed by atoms with Crippen LogP contribution < -0.4 is 10.1 Å². The summed E-state index contributed by atoms with van der Waals surface area (Å²) >= 11 is 0. The van der Waals surface area contributed by atoms with Crippen molar-refractivity contribution in [2.24, 2.45) is 0 Å². The maximum absolute atomic E-state index is 13.1. The monoisotopic (exact) mass is 277 g/mol. The van der Waals surface area contributed by atoms with Gasteiger partial charge in [-0.25, -0.2) is 8.78 Å². The number of para-hydroxylation sites is 1. The molecule has 0 atom stereocenters. The molecule has 0 aliphatic rings.